The molecule has 56 valence electrons. The molecule has 1 saturated heterocycles. The molecular formula is C5H7NO4. The summed E-state index contributed by atoms with van der Waals surface area (Å²) >= 11 is 0. The van der Waals surface area contributed by atoms with Crippen LogP contribution in [-0.4, -0.2) is 35.3 Å². The molecule has 5 heteroatoms. The van der Waals surface area contributed by atoms with Crippen LogP contribution < -0.4 is 0 Å². The number of carbonyl (C=O) groups excluding carboxylic acids is 1. The van der Waals surface area contributed by atoms with Crippen LogP contribution in [0.15, 0.2) is 0 Å². The summed E-state index contributed by atoms with van der Waals surface area (Å²) in [5, 5.41) is 8.33. The molecule has 0 saturated carbocycles. The molecule has 1 N–H and O–H groups in total. The molecule has 0 aromatic rings. The smallest absolute Gasteiger partial charge is 0.419 e. The predicted octanol–water partition coefficient (Wildman–Crippen LogP) is 0.507. The molecule has 0 atom stereocenters. The highest BCUT2D eigenvalue weighted by atomic mass is 16.6. The standard InChI is InChI=1S/C5H7NO4/c7-4(8)6-2-1-3-10-5(6)9/h1-3H2,(H,7,8). The number of ether oxygens (including phenoxy) is 1. The molecule has 5 nitrogen and oxygen atoms in total. The Bertz CT molecular complexity index is 167. The summed E-state index contributed by atoms with van der Waals surface area (Å²) in [6, 6.07) is 0. The number of nitrogens with zero attached hydrogens (tertiary/aromatic N) is 1. The van der Waals surface area contributed by atoms with Crippen molar-refractivity contribution >= 4 is 12.2 Å². The molecule has 0 aromatic heterocycles. The quantitative estimate of drug-likeness (QED) is 0.539. The molecule has 1 rings (SSSR count). The van der Waals surface area contributed by atoms with Gasteiger partial charge in [-0.15, -0.1) is 0 Å². The minimum absolute atomic E-state index is 0.244. The van der Waals surface area contributed by atoms with Crippen molar-refractivity contribution in [3.63, 3.8) is 0 Å². The van der Waals surface area contributed by atoms with Crippen LogP contribution in [0, 0.1) is 0 Å². The van der Waals surface area contributed by atoms with Crippen LogP contribution >= 0.6 is 0 Å². The second-order valence-corrected chi connectivity index (χ2v) is 1.90. The van der Waals surface area contributed by atoms with E-state index in [1.165, 1.54) is 0 Å². The third kappa shape index (κ3) is 1.18. The Morgan fingerprint density at radius 3 is 2.80 bits per heavy atom. The maximum Gasteiger partial charge on any atom is 0.419 e. The Hall–Kier alpha value is -1.26. The maximum absolute atomic E-state index is 10.6. The Morgan fingerprint density at radius 1 is 1.70 bits per heavy atom. The van der Waals surface area contributed by atoms with Gasteiger partial charge in [-0.1, -0.05) is 0 Å². The topological polar surface area (TPSA) is 66.8 Å². The number of cyclic esters (lactones) is 1. The summed E-state index contributed by atoms with van der Waals surface area (Å²) in [5.41, 5.74) is 0. The minimum Gasteiger partial charge on any atom is -0.465 e. The van der Waals surface area contributed by atoms with Crippen LogP contribution in [0.4, 0.5) is 9.59 Å². The zero-order valence-corrected chi connectivity index (χ0v) is 5.24. The summed E-state index contributed by atoms with van der Waals surface area (Å²) in [6.45, 7) is 0.566. The summed E-state index contributed by atoms with van der Waals surface area (Å²) in [6.07, 6.45) is -1.43. The average Bonchev–Trinajstić information content (AvgIpc) is 1.88. The lowest BCUT2D eigenvalue weighted by Gasteiger charge is -2.21. The van der Waals surface area contributed by atoms with Crippen LogP contribution in [0.2, 0.25) is 0 Å². The molecule has 1 aliphatic rings. The summed E-state index contributed by atoms with van der Waals surface area (Å²) < 4.78 is 4.46. The molecule has 1 aliphatic heterocycles. The van der Waals surface area contributed by atoms with Crippen LogP contribution in [0.25, 0.3) is 0 Å². The van der Waals surface area contributed by atoms with Gasteiger partial charge in [0.2, 0.25) is 0 Å². The Kier molecular flexibility index (Phi) is 1.75. The van der Waals surface area contributed by atoms with Gasteiger partial charge in [-0.2, -0.15) is 0 Å². The van der Waals surface area contributed by atoms with Gasteiger partial charge in [-0.25, -0.2) is 14.5 Å². The highest BCUT2D eigenvalue weighted by Gasteiger charge is 2.24. The number of hydrogen-bond acceptors (Lipinski definition) is 3. The average molecular weight is 145 g/mol. The fourth-order valence-electron chi connectivity index (χ4n) is 0.725. The third-order valence-electron chi connectivity index (χ3n) is 1.20. The monoisotopic (exact) mass is 145 g/mol. The van der Waals surface area contributed by atoms with Crippen molar-refractivity contribution in [3.05, 3.63) is 0 Å². The highest BCUT2D eigenvalue weighted by Crippen LogP contribution is 2.03. The van der Waals surface area contributed by atoms with Gasteiger partial charge in [0.25, 0.3) is 0 Å². The van der Waals surface area contributed by atoms with Crippen LogP contribution in [-0.2, 0) is 4.74 Å². The second kappa shape index (κ2) is 2.55. The molecule has 0 bridgehead atoms. The van der Waals surface area contributed by atoms with Gasteiger partial charge < -0.3 is 9.84 Å². The zero-order chi connectivity index (χ0) is 7.56. The highest BCUT2D eigenvalue weighted by molar-refractivity contribution is 5.86. The van der Waals surface area contributed by atoms with Crippen molar-refractivity contribution in [1.82, 2.24) is 4.90 Å². The lowest BCUT2D eigenvalue weighted by Crippen LogP contribution is -2.41. The van der Waals surface area contributed by atoms with Gasteiger partial charge in [0.05, 0.1) is 6.61 Å². The number of hydrogen-bond donors (Lipinski definition) is 1. The molecular weight excluding hydrogens is 138 g/mol. The van der Waals surface area contributed by atoms with E-state index in [1.54, 1.807) is 0 Å². The normalized spacial score (nSPS) is 18.4. The molecule has 0 unspecified atom stereocenters. The second-order valence-electron chi connectivity index (χ2n) is 1.90. The van der Waals surface area contributed by atoms with Crippen molar-refractivity contribution in [3.8, 4) is 0 Å². The molecule has 1 fully saturated rings. The maximum atomic E-state index is 10.6. The van der Waals surface area contributed by atoms with Gasteiger partial charge in [0.1, 0.15) is 0 Å². The van der Waals surface area contributed by atoms with Crippen molar-refractivity contribution in [2.45, 2.75) is 6.42 Å². The first-order valence-electron chi connectivity index (χ1n) is 2.89. The van der Waals surface area contributed by atoms with E-state index in [2.05, 4.69) is 4.74 Å². The molecule has 0 aliphatic carbocycles. The van der Waals surface area contributed by atoms with Crippen LogP contribution in [0.1, 0.15) is 6.42 Å². The van der Waals surface area contributed by atoms with Crippen molar-refractivity contribution in [1.29, 1.82) is 0 Å². The molecule has 10 heavy (non-hydrogen) atoms. The SMILES string of the molecule is O=C(O)N1CCCOC1=O. The van der Waals surface area contributed by atoms with Gasteiger partial charge in [0.15, 0.2) is 0 Å². The third-order valence-corrected chi connectivity index (χ3v) is 1.20. The van der Waals surface area contributed by atoms with E-state index < -0.39 is 12.2 Å². The lowest BCUT2D eigenvalue weighted by atomic mass is 10.4. The molecule has 0 aromatic carbocycles. The van der Waals surface area contributed by atoms with E-state index in [-0.39, 0.29) is 6.54 Å². The molecule has 1 heterocycles. The Balaban J connectivity index is 2.56. The van der Waals surface area contributed by atoms with Gasteiger partial charge in [0, 0.05) is 13.0 Å². The molecule has 2 amide bonds. The number of rotatable bonds is 0. The van der Waals surface area contributed by atoms with E-state index in [0.29, 0.717) is 17.9 Å². The number of amides is 2. The number of carbonyl (C=O) groups is 2. The minimum atomic E-state index is -1.25. The van der Waals surface area contributed by atoms with Crippen LogP contribution in [0.3, 0.4) is 0 Å². The Morgan fingerprint density at radius 2 is 2.40 bits per heavy atom. The van der Waals surface area contributed by atoms with Crippen molar-refractivity contribution < 1.29 is 19.4 Å². The fourth-order valence-corrected chi connectivity index (χ4v) is 0.725. The number of carboxylic acid groups (broad SMARTS) is 1. The summed E-state index contributed by atoms with van der Waals surface area (Å²) in [5.74, 6) is 0. The zero-order valence-electron chi connectivity index (χ0n) is 5.24. The summed E-state index contributed by atoms with van der Waals surface area (Å²) in [4.78, 5) is 21.4. The summed E-state index contributed by atoms with van der Waals surface area (Å²) in [7, 11) is 0. The predicted molar refractivity (Wildman–Crippen MR) is 30.7 cm³/mol. The van der Waals surface area contributed by atoms with Gasteiger partial charge >= 0.3 is 12.2 Å². The van der Waals surface area contributed by atoms with Gasteiger partial charge in [-0.3, -0.25) is 0 Å². The lowest BCUT2D eigenvalue weighted by molar-refractivity contribution is 0.0700. The van der Waals surface area contributed by atoms with Crippen molar-refractivity contribution in [2.75, 3.05) is 13.2 Å². The first kappa shape index (κ1) is 6.85. The molecule has 0 radical (unpaired) electrons. The van der Waals surface area contributed by atoms with E-state index >= 15 is 0 Å². The van der Waals surface area contributed by atoms with Crippen molar-refractivity contribution in [2.24, 2.45) is 0 Å². The van der Waals surface area contributed by atoms with E-state index in [0.717, 1.165) is 0 Å². The van der Waals surface area contributed by atoms with E-state index in [4.69, 9.17) is 5.11 Å². The van der Waals surface area contributed by atoms with Crippen LogP contribution in [0.5, 0.6) is 0 Å². The largest absolute Gasteiger partial charge is 0.465 e. The molecule has 0 spiro atoms. The van der Waals surface area contributed by atoms with E-state index in [9.17, 15) is 9.59 Å². The fraction of sp³-hybridized carbons (Fsp3) is 0.600. The Labute approximate surface area is 57.2 Å². The number of imide groups is 1. The van der Waals surface area contributed by atoms with Gasteiger partial charge in [-0.05, 0) is 0 Å². The first-order chi connectivity index (χ1) is 4.72. The van der Waals surface area contributed by atoms with E-state index in [1.807, 2.05) is 0 Å². The first-order valence-corrected chi connectivity index (χ1v) is 2.89.